The molecule has 0 aliphatic carbocycles. The fourth-order valence-electron chi connectivity index (χ4n) is 2.32. The van der Waals surface area contributed by atoms with Gasteiger partial charge in [-0.1, -0.05) is 29.3 Å². The molecule has 0 aliphatic heterocycles. The van der Waals surface area contributed by atoms with Gasteiger partial charge in [0.25, 0.3) is 5.91 Å². The minimum absolute atomic E-state index is 0.135. The summed E-state index contributed by atoms with van der Waals surface area (Å²) >= 11 is 12.3. The number of methoxy groups -OCH3 is 2. The van der Waals surface area contributed by atoms with Crippen LogP contribution in [0.15, 0.2) is 40.6 Å². The highest BCUT2D eigenvalue weighted by molar-refractivity contribution is 6.35. The summed E-state index contributed by atoms with van der Waals surface area (Å²) < 4.78 is 10.3. The summed E-state index contributed by atoms with van der Waals surface area (Å²) in [6, 6.07) is 6.93. The normalized spacial score (nSPS) is 11.9. The molecular weight excluding hydrogens is 405 g/mol. The third-order valence-electron chi connectivity index (χ3n) is 3.76. The zero-order chi connectivity index (χ0) is 20.8. The molecule has 1 amide bonds. The topological polar surface area (TPSA) is 89.4 Å². The van der Waals surface area contributed by atoms with Gasteiger partial charge in [-0.2, -0.15) is 10.2 Å². The molecule has 0 bridgehead atoms. The number of ketones is 1. The van der Waals surface area contributed by atoms with Crippen LogP contribution in [-0.4, -0.2) is 32.0 Å². The third kappa shape index (κ3) is 4.99. The number of nitrogens with zero attached hydrogens (tertiary/aromatic N) is 2. The molecule has 0 heterocycles. The number of carbonyl (C=O) groups is 2. The van der Waals surface area contributed by atoms with E-state index in [1.54, 1.807) is 18.2 Å². The van der Waals surface area contributed by atoms with Crippen LogP contribution in [0.25, 0.3) is 0 Å². The van der Waals surface area contributed by atoms with Crippen LogP contribution in [-0.2, 0) is 9.59 Å². The van der Waals surface area contributed by atoms with Crippen molar-refractivity contribution in [3.05, 3.63) is 45.9 Å². The Morgan fingerprint density at radius 2 is 1.82 bits per heavy atom. The number of hydrogen-bond donors (Lipinski definition) is 1. The van der Waals surface area contributed by atoms with E-state index < -0.39 is 17.7 Å². The Morgan fingerprint density at radius 1 is 1.11 bits per heavy atom. The second-order valence-corrected chi connectivity index (χ2v) is 6.62. The van der Waals surface area contributed by atoms with Crippen molar-refractivity contribution >= 4 is 46.3 Å². The lowest BCUT2D eigenvalue weighted by molar-refractivity contribution is -0.126. The summed E-state index contributed by atoms with van der Waals surface area (Å²) in [4.78, 5) is 24.5. The molecule has 2 aromatic carbocycles. The predicted octanol–water partition coefficient (Wildman–Crippen LogP) is 5.00. The van der Waals surface area contributed by atoms with Gasteiger partial charge in [-0.15, -0.1) is 0 Å². The number of carbonyl (C=O) groups excluding carboxylic acids is 2. The zero-order valence-corrected chi connectivity index (χ0v) is 17.3. The van der Waals surface area contributed by atoms with Crippen LogP contribution >= 0.6 is 23.2 Å². The van der Waals surface area contributed by atoms with Crippen molar-refractivity contribution in [1.82, 2.24) is 0 Å². The average Bonchev–Trinajstić information content (AvgIpc) is 2.65. The number of benzene rings is 2. The molecule has 7 nitrogen and oxygen atoms in total. The number of rotatable bonds is 7. The minimum Gasteiger partial charge on any atom is -0.493 e. The summed E-state index contributed by atoms with van der Waals surface area (Å²) in [6.45, 7) is 3.11. The predicted molar refractivity (Wildman–Crippen MR) is 108 cm³/mol. The van der Waals surface area contributed by atoms with Gasteiger partial charge >= 0.3 is 0 Å². The second-order valence-electron chi connectivity index (χ2n) is 5.84. The Labute approximate surface area is 172 Å². The van der Waals surface area contributed by atoms with Crippen LogP contribution in [0.5, 0.6) is 11.5 Å². The standard InChI is InChI=1S/C19H19Cl2N3O4/c1-10-5-6-12(20)14(9-10)23-24-17(11(2)25)19(26)22-13-7-8-15(27-3)18(28-4)16(13)21/h5-9,17H,1-4H3,(H,22,26). The highest BCUT2D eigenvalue weighted by Crippen LogP contribution is 2.40. The number of anilines is 1. The molecule has 28 heavy (non-hydrogen) atoms. The molecule has 1 unspecified atom stereocenters. The highest BCUT2D eigenvalue weighted by atomic mass is 35.5. The molecule has 0 fully saturated rings. The minimum atomic E-state index is -1.36. The first kappa shape index (κ1) is 21.7. The molecule has 9 heteroatoms. The molecule has 0 radical (unpaired) electrons. The first-order valence-corrected chi connectivity index (χ1v) is 8.92. The number of aryl methyl sites for hydroxylation is 1. The number of nitrogens with one attached hydrogen (secondary N) is 1. The van der Waals surface area contributed by atoms with Gasteiger partial charge in [0.2, 0.25) is 6.04 Å². The quantitative estimate of drug-likeness (QED) is 0.501. The number of halogens is 2. The lowest BCUT2D eigenvalue weighted by atomic mass is 10.2. The molecule has 0 aromatic heterocycles. The van der Waals surface area contributed by atoms with Crippen LogP contribution in [0.3, 0.4) is 0 Å². The maximum atomic E-state index is 12.6. The van der Waals surface area contributed by atoms with E-state index in [0.29, 0.717) is 16.5 Å². The molecule has 2 rings (SSSR count). The maximum Gasteiger partial charge on any atom is 0.258 e. The molecule has 1 atom stereocenters. The SMILES string of the molecule is COc1ccc(NC(=O)C(N=Nc2cc(C)ccc2Cl)C(C)=O)c(Cl)c1OC. The monoisotopic (exact) mass is 423 g/mol. The molecule has 0 saturated carbocycles. The van der Waals surface area contributed by atoms with Crippen molar-refractivity contribution in [2.45, 2.75) is 19.9 Å². The molecule has 0 spiro atoms. The highest BCUT2D eigenvalue weighted by Gasteiger charge is 2.25. The van der Waals surface area contributed by atoms with Crippen molar-refractivity contribution in [1.29, 1.82) is 0 Å². The van der Waals surface area contributed by atoms with E-state index in [1.807, 2.05) is 13.0 Å². The number of ether oxygens (including phenoxy) is 2. The Balaban J connectivity index is 2.28. The van der Waals surface area contributed by atoms with E-state index in [0.717, 1.165) is 5.56 Å². The number of Topliss-reactive ketones (excluding diaryl/α,β-unsaturated/α-hetero) is 1. The summed E-state index contributed by atoms with van der Waals surface area (Å²) in [5, 5.41) is 10.9. The number of azo groups is 1. The van der Waals surface area contributed by atoms with Gasteiger partial charge in [0.1, 0.15) is 10.7 Å². The van der Waals surface area contributed by atoms with Crippen molar-refractivity contribution in [2.75, 3.05) is 19.5 Å². The van der Waals surface area contributed by atoms with Crippen LogP contribution < -0.4 is 14.8 Å². The number of hydrogen-bond acceptors (Lipinski definition) is 6. The summed E-state index contributed by atoms with van der Waals surface area (Å²) in [7, 11) is 2.89. The van der Waals surface area contributed by atoms with Gasteiger partial charge in [0.15, 0.2) is 17.3 Å². The molecule has 0 aliphatic rings. The summed E-state index contributed by atoms with van der Waals surface area (Å²) in [5.74, 6) is -0.507. The fourth-order valence-corrected chi connectivity index (χ4v) is 2.76. The Hall–Kier alpha value is -2.64. The van der Waals surface area contributed by atoms with Crippen LogP contribution in [0.2, 0.25) is 10.0 Å². The summed E-state index contributed by atoms with van der Waals surface area (Å²) in [5.41, 5.74) is 1.53. The molecule has 0 saturated heterocycles. The first-order valence-electron chi connectivity index (χ1n) is 8.17. The Morgan fingerprint density at radius 3 is 2.43 bits per heavy atom. The largest absolute Gasteiger partial charge is 0.493 e. The van der Waals surface area contributed by atoms with Gasteiger partial charge in [-0.3, -0.25) is 9.59 Å². The smallest absolute Gasteiger partial charge is 0.258 e. The zero-order valence-electron chi connectivity index (χ0n) is 15.7. The molecule has 1 N–H and O–H groups in total. The molecular formula is C19H19Cl2N3O4. The van der Waals surface area contributed by atoms with Crippen molar-refractivity contribution in [3.63, 3.8) is 0 Å². The lowest BCUT2D eigenvalue weighted by Gasteiger charge is -2.14. The number of amides is 1. The van der Waals surface area contributed by atoms with Gasteiger partial charge in [-0.05, 0) is 43.7 Å². The maximum absolute atomic E-state index is 12.6. The van der Waals surface area contributed by atoms with E-state index >= 15 is 0 Å². The second kappa shape index (κ2) is 9.52. The van der Waals surface area contributed by atoms with E-state index in [1.165, 1.54) is 27.2 Å². The van der Waals surface area contributed by atoms with Crippen LogP contribution in [0.1, 0.15) is 12.5 Å². The van der Waals surface area contributed by atoms with Gasteiger partial charge in [0, 0.05) is 0 Å². The van der Waals surface area contributed by atoms with E-state index in [-0.39, 0.29) is 16.5 Å². The van der Waals surface area contributed by atoms with E-state index in [4.69, 9.17) is 32.7 Å². The van der Waals surface area contributed by atoms with Gasteiger partial charge in [0.05, 0.1) is 24.9 Å². The Bertz CT molecular complexity index is 932. The first-order chi connectivity index (χ1) is 13.3. The van der Waals surface area contributed by atoms with Crippen molar-refractivity contribution < 1.29 is 19.1 Å². The van der Waals surface area contributed by atoms with Crippen LogP contribution in [0, 0.1) is 6.92 Å². The van der Waals surface area contributed by atoms with Crippen molar-refractivity contribution in [3.8, 4) is 11.5 Å². The molecule has 148 valence electrons. The summed E-state index contributed by atoms with van der Waals surface area (Å²) in [6.07, 6.45) is 0. The van der Waals surface area contributed by atoms with E-state index in [9.17, 15) is 9.59 Å². The fraction of sp³-hybridized carbons (Fsp3) is 0.263. The van der Waals surface area contributed by atoms with Gasteiger partial charge < -0.3 is 14.8 Å². The van der Waals surface area contributed by atoms with Crippen LogP contribution in [0.4, 0.5) is 11.4 Å². The average molecular weight is 424 g/mol. The third-order valence-corrected chi connectivity index (χ3v) is 4.45. The van der Waals surface area contributed by atoms with Crippen molar-refractivity contribution in [2.24, 2.45) is 10.2 Å². The van der Waals surface area contributed by atoms with Gasteiger partial charge in [-0.25, -0.2) is 0 Å². The van der Waals surface area contributed by atoms with E-state index in [2.05, 4.69) is 15.5 Å². The molecule has 2 aromatic rings. The lowest BCUT2D eigenvalue weighted by Crippen LogP contribution is -2.32. The Kier molecular flexibility index (Phi) is 7.37.